The monoisotopic (exact) mass is 403 g/mol. The van der Waals surface area contributed by atoms with Crippen molar-refractivity contribution in [1.29, 1.82) is 5.26 Å². The number of pyridine rings is 1. The zero-order valence-corrected chi connectivity index (χ0v) is 13.9. The number of halogens is 1. The van der Waals surface area contributed by atoms with Crippen molar-refractivity contribution in [3.05, 3.63) is 57.2 Å². The van der Waals surface area contributed by atoms with Gasteiger partial charge in [-0.15, -0.1) is 11.3 Å². The van der Waals surface area contributed by atoms with Crippen LogP contribution in [0.2, 0.25) is 0 Å². The van der Waals surface area contributed by atoms with Gasteiger partial charge in [-0.1, -0.05) is 18.2 Å². The predicted molar refractivity (Wildman–Crippen MR) is 94.8 cm³/mol. The van der Waals surface area contributed by atoms with Gasteiger partial charge in [0.2, 0.25) is 0 Å². The molecule has 102 valence electrons. The Morgan fingerprint density at radius 2 is 1.86 bits per heavy atom. The van der Waals surface area contributed by atoms with Gasteiger partial charge in [0.15, 0.2) is 0 Å². The van der Waals surface area contributed by atoms with Crippen LogP contribution in [-0.4, -0.2) is 4.98 Å². The lowest BCUT2D eigenvalue weighted by molar-refractivity contribution is 1.33. The van der Waals surface area contributed by atoms with Crippen molar-refractivity contribution in [1.82, 2.24) is 4.98 Å². The van der Waals surface area contributed by atoms with Crippen molar-refractivity contribution in [2.75, 3.05) is 5.73 Å². The molecule has 0 radical (unpaired) electrons. The Balaban J connectivity index is 2.32. The Hall–Kier alpha value is -1.91. The maximum absolute atomic E-state index is 9.29. The number of hydrogen-bond donors (Lipinski definition) is 1. The Labute approximate surface area is 140 Å². The van der Waals surface area contributed by atoms with E-state index >= 15 is 0 Å². The van der Waals surface area contributed by atoms with Gasteiger partial charge in [-0.05, 0) is 46.4 Å². The van der Waals surface area contributed by atoms with E-state index in [1.807, 2.05) is 30.3 Å². The van der Waals surface area contributed by atoms with Crippen molar-refractivity contribution in [2.24, 2.45) is 0 Å². The molecule has 3 aromatic rings. The van der Waals surface area contributed by atoms with Crippen LogP contribution in [-0.2, 0) is 0 Å². The minimum atomic E-state index is 0.545. The summed E-state index contributed by atoms with van der Waals surface area (Å²) in [5, 5.41) is 9.29. The first kappa shape index (κ1) is 14.0. The lowest BCUT2D eigenvalue weighted by atomic mass is 10.0. The molecule has 2 aromatic heterocycles. The fourth-order valence-corrected chi connectivity index (χ4v) is 4.09. The predicted octanol–water partition coefficient (Wildman–Crippen LogP) is 4.54. The standard InChI is InChI=1S/C16H10IN3S/c17-12-4-2-1-3-11(12)16-14(10-5-7-20-8-6-10)15(19)13(9-18)21-16/h1-8H,19H2. The third kappa shape index (κ3) is 2.52. The molecule has 5 heteroatoms. The van der Waals surface area contributed by atoms with E-state index in [9.17, 15) is 5.26 Å². The number of nitrogen functional groups attached to an aromatic ring is 1. The summed E-state index contributed by atoms with van der Waals surface area (Å²) < 4.78 is 1.14. The third-order valence-electron chi connectivity index (χ3n) is 3.13. The number of anilines is 1. The second kappa shape index (κ2) is 5.84. The maximum Gasteiger partial charge on any atom is 0.129 e. The van der Waals surface area contributed by atoms with Crippen LogP contribution in [0.4, 0.5) is 5.69 Å². The average Bonchev–Trinajstić information content (AvgIpc) is 2.85. The van der Waals surface area contributed by atoms with Crippen molar-refractivity contribution in [2.45, 2.75) is 0 Å². The van der Waals surface area contributed by atoms with Crippen LogP contribution in [0.1, 0.15) is 4.88 Å². The number of aromatic nitrogens is 1. The zero-order valence-electron chi connectivity index (χ0n) is 10.9. The fraction of sp³-hybridized carbons (Fsp3) is 0. The van der Waals surface area contributed by atoms with E-state index in [1.165, 1.54) is 11.3 Å². The Bertz CT molecular complexity index is 834. The lowest BCUT2D eigenvalue weighted by Crippen LogP contribution is -1.90. The highest BCUT2D eigenvalue weighted by atomic mass is 127. The number of rotatable bonds is 2. The highest BCUT2D eigenvalue weighted by Crippen LogP contribution is 2.45. The first-order valence-corrected chi connectivity index (χ1v) is 8.09. The molecule has 0 unspecified atom stereocenters. The molecule has 0 atom stereocenters. The van der Waals surface area contributed by atoms with Gasteiger partial charge < -0.3 is 5.73 Å². The molecule has 0 fully saturated rings. The van der Waals surface area contributed by atoms with Crippen molar-refractivity contribution < 1.29 is 0 Å². The van der Waals surface area contributed by atoms with E-state index in [-0.39, 0.29) is 0 Å². The molecule has 3 rings (SSSR count). The van der Waals surface area contributed by atoms with Gasteiger partial charge in [-0.3, -0.25) is 4.98 Å². The maximum atomic E-state index is 9.29. The van der Waals surface area contributed by atoms with Crippen LogP contribution < -0.4 is 5.73 Å². The van der Waals surface area contributed by atoms with Gasteiger partial charge in [0.05, 0.1) is 5.69 Å². The number of benzene rings is 1. The summed E-state index contributed by atoms with van der Waals surface area (Å²) in [6.45, 7) is 0. The number of nitrogens with zero attached hydrogens (tertiary/aromatic N) is 2. The largest absolute Gasteiger partial charge is 0.396 e. The van der Waals surface area contributed by atoms with Gasteiger partial charge in [0.25, 0.3) is 0 Å². The summed E-state index contributed by atoms with van der Waals surface area (Å²) in [4.78, 5) is 5.62. The normalized spacial score (nSPS) is 10.3. The Morgan fingerprint density at radius 1 is 1.14 bits per heavy atom. The second-order valence-electron chi connectivity index (χ2n) is 4.38. The van der Waals surface area contributed by atoms with Crippen molar-refractivity contribution in [3.8, 4) is 27.6 Å². The van der Waals surface area contributed by atoms with Crippen LogP contribution in [0, 0.1) is 14.9 Å². The number of nitrogens with two attached hydrogens (primary N) is 1. The second-order valence-corrected chi connectivity index (χ2v) is 6.56. The highest BCUT2D eigenvalue weighted by molar-refractivity contribution is 14.1. The van der Waals surface area contributed by atoms with Crippen LogP contribution in [0.25, 0.3) is 21.6 Å². The molecule has 2 heterocycles. The van der Waals surface area contributed by atoms with Crippen LogP contribution >= 0.6 is 33.9 Å². The summed E-state index contributed by atoms with van der Waals surface area (Å²) in [6.07, 6.45) is 3.47. The third-order valence-corrected chi connectivity index (χ3v) is 5.22. The Kier molecular flexibility index (Phi) is 3.90. The summed E-state index contributed by atoms with van der Waals surface area (Å²) in [5.74, 6) is 0. The summed E-state index contributed by atoms with van der Waals surface area (Å²) >= 11 is 3.74. The molecule has 2 N–H and O–H groups in total. The Morgan fingerprint density at radius 3 is 2.52 bits per heavy atom. The van der Waals surface area contributed by atoms with Gasteiger partial charge in [-0.2, -0.15) is 5.26 Å². The van der Waals surface area contributed by atoms with E-state index in [1.54, 1.807) is 12.4 Å². The molecule has 0 spiro atoms. The first-order valence-electron chi connectivity index (χ1n) is 6.20. The van der Waals surface area contributed by atoms with Gasteiger partial charge in [0.1, 0.15) is 10.9 Å². The molecule has 3 nitrogen and oxygen atoms in total. The highest BCUT2D eigenvalue weighted by Gasteiger charge is 2.19. The van der Waals surface area contributed by atoms with E-state index in [2.05, 4.69) is 39.7 Å². The minimum absolute atomic E-state index is 0.545. The average molecular weight is 403 g/mol. The zero-order chi connectivity index (χ0) is 14.8. The van der Waals surface area contributed by atoms with E-state index < -0.39 is 0 Å². The van der Waals surface area contributed by atoms with E-state index in [0.29, 0.717) is 10.6 Å². The molecule has 0 saturated heterocycles. The number of thiophene rings is 1. The van der Waals surface area contributed by atoms with Crippen molar-refractivity contribution >= 4 is 39.6 Å². The number of hydrogen-bond acceptors (Lipinski definition) is 4. The molecular formula is C16H10IN3S. The van der Waals surface area contributed by atoms with Gasteiger partial charge in [-0.25, -0.2) is 0 Å². The van der Waals surface area contributed by atoms with Crippen molar-refractivity contribution in [3.63, 3.8) is 0 Å². The van der Waals surface area contributed by atoms with Gasteiger partial charge in [0, 0.05) is 32.0 Å². The smallest absolute Gasteiger partial charge is 0.129 e. The molecule has 0 aliphatic heterocycles. The van der Waals surface area contributed by atoms with Crippen LogP contribution in [0.15, 0.2) is 48.8 Å². The molecule has 0 saturated carbocycles. The molecular weight excluding hydrogens is 393 g/mol. The fourth-order valence-electron chi connectivity index (χ4n) is 2.17. The molecule has 0 amide bonds. The minimum Gasteiger partial charge on any atom is -0.396 e. The van der Waals surface area contributed by atoms with Gasteiger partial charge >= 0.3 is 0 Å². The summed E-state index contributed by atoms with van der Waals surface area (Å²) in [7, 11) is 0. The quantitative estimate of drug-likeness (QED) is 0.640. The molecule has 0 bridgehead atoms. The SMILES string of the molecule is N#Cc1sc(-c2ccccc2I)c(-c2ccncc2)c1N. The number of nitriles is 1. The van der Waals surface area contributed by atoms with E-state index in [4.69, 9.17) is 5.73 Å². The van der Waals surface area contributed by atoms with Crippen LogP contribution in [0.3, 0.4) is 0 Å². The van der Waals surface area contributed by atoms with E-state index in [0.717, 1.165) is 25.1 Å². The first-order chi connectivity index (χ1) is 10.2. The molecule has 0 aliphatic carbocycles. The molecule has 21 heavy (non-hydrogen) atoms. The summed E-state index contributed by atoms with van der Waals surface area (Å²) in [6, 6.07) is 14.1. The molecule has 0 aliphatic rings. The summed E-state index contributed by atoms with van der Waals surface area (Å²) in [5.41, 5.74) is 9.74. The topological polar surface area (TPSA) is 62.7 Å². The molecule has 1 aromatic carbocycles. The van der Waals surface area contributed by atoms with Crippen LogP contribution in [0.5, 0.6) is 0 Å². The lowest BCUT2D eigenvalue weighted by Gasteiger charge is -2.07.